The van der Waals surface area contributed by atoms with Crippen LogP contribution in [0, 0.1) is 0 Å². The molecule has 0 bridgehead atoms. The van der Waals surface area contributed by atoms with E-state index in [1.54, 1.807) is 12.5 Å². The molecule has 0 fully saturated rings. The predicted molar refractivity (Wildman–Crippen MR) is 76.0 cm³/mol. The first-order valence-corrected chi connectivity index (χ1v) is 6.49. The van der Waals surface area contributed by atoms with Crippen molar-refractivity contribution in [3.05, 3.63) is 66.2 Å². The lowest BCUT2D eigenvalue weighted by Crippen LogP contribution is -2.21. The number of fused-ring (bicyclic) bond motifs is 1. The zero-order valence-electron chi connectivity index (χ0n) is 10.8. The second-order valence-electron chi connectivity index (χ2n) is 4.47. The van der Waals surface area contributed by atoms with Crippen molar-refractivity contribution in [3.8, 4) is 0 Å². The molecule has 0 aliphatic carbocycles. The van der Waals surface area contributed by atoms with Crippen molar-refractivity contribution in [2.24, 2.45) is 0 Å². The molecule has 3 rings (SSSR count). The average Bonchev–Trinajstić information content (AvgIpc) is 2.98. The largest absolute Gasteiger partial charge is 0.472 e. The van der Waals surface area contributed by atoms with Gasteiger partial charge in [0.15, 0.2) is 0 Å². The van der Waals surface area contributed by atoms with E-state index in [2.05, 4.69) is 41.5 Å². The van der Waals surface area contributed by atoms with Crippen LogP contribution in [-0.2, 0) is 0 Å². The third-order valence-electron chi connectivity index (χ3n) is 3.26. The van der Waals surface area contributed by atoms with Gasteiger partial charge in [-0.3, -0.25) is 4.98 Å². The molecular weight excluding hydrogens is 236 g/mol. The van der Waals surface area contributed by atoms with E-state index in [1.807, 2.05) is 18.3 Å². The number of aromatic nitrogens is 1. The van der Waals surface area contributed by atoms with Crippen LogP contribution in [0.3, 0.4) is 0 Å². The molecule has 19 heavy (non-hydrogen) atoms. The van der Waals surface area contributed by atoms with Gasteiger partial charge in [-0.05, 0) is 24.2 Å². The number of furan rings is 1. The first kappa shape index (κ1) is 11.9. The standard InChI is InChI=1S/C16H16N2O/c1-2-17-16(13-8-10-19-11-13)14-7-3-5-12-6-4-9-18-15(12)14/h3-11,16-17H,2H2,1H3. The van der Waals surface area contributed by atoms with Gasteiger partial charge >= 0.3 is 0 Å². The summed E-state index contributed by atoms with van der Waals surface area (Å²) in [6.07, 6.45) is 5.33. The van der Waals surface area contributed by atoms with Gasteiger partial charge in [0.05, 0.1) is 24.1 Å². The van der Waals surface area contributed by atoms with Crippen LogP contribution < -0.4 is 5.32 Å². The van der Waals surface area contributed by atoms with Crippen LogP contribution in [0.5, 0.6) is 0 Å². The Labute approximate surface area is 112 Å². The zero-order valence-corrected chi connectivity index (χ0v) is 10.8. The van der Waals surface area contributed by atoms with Gasteiger partial charge in [0.1, 0.15) is 0 Å². The highest BCUT2D eigenvalue weighted by Gasteiger charge is 2.17. The van der Waals surface area contributed by atoms with E-state index in [-0.39, 0.29) is 6.04 Å². The summed E-state index contributed by atoms with van der Waals surface area (Å²) < 4.78 is 5.21. The summed E-state index contributed by atoms with van der Waals surface area (Å²) in [7, 11) is 0. The SMILES string of the molecule is CCNC(c1ccoc1)c1cccc2cccnc12. The Kier molecular flexibility index (Phi) is 3.29. The topological polar surface area (TPSA) is 38.1 Å². The van der Waals surface area contributed by atoms with E-state index < -0.39 is 0 Å². The highest BCUT2D eigenvalue weighted by atomic mass is 16.3. The molecule has 3 heteroatoms. The molecule has 0 aliphatic rings. The monoisotopic (exact) mass is 252 g/mol. The molecule has 2 heterocycles. The number of pyridine rings is 1. The lowest BCUT2D eigenvalue weighted by atomic mass is 9.98. The summed E-state index contributed by atoms with van der Waals surface area (Å²) >= 11 is 0. The molecule has 1 unspecified atom stereocenters. The number of nitrogens with one attached hydrogen (secondary N) is 1. The van der Waals surface area contributed by atoms with E-state index >= 15 is 0 Å². The van der Waals surface area contributed by atoms with Gasteiger partial charge in [-0.1, -0.05) is 31.2 Å². The summed E-state index contributed by atoms with van der Waals surface area (Å²) in [4.78, 5) is 4.52. The molecule has 0 radical (unpaired) electrons. The van der Waals surface area contributed by atoms with Crippen molar-refractivity contribution in [3.63, 3.8) is 0 Å². The Bertz CT molecular complexity index is 656. The predicted octanol–water partition coefficient (Wildman–Crippen LogP) is 3.53. The Balaban J connectivity index is 2.15. The third kappa shape index (κ3) is 2.25. The Morgan fingerprint density at radius 1 is 1.21 bits per heavy atom. The lowest BCUT2D eigenvalue weighted by Gasteiger charge is -2.18. The minimum atomic E-state index is 0.113. The quantitative estimate of drug-likeness (QED) is 0.772. The fourth-order valence-corrected chi connectivity index (χ4v) is 2.41. The summed E-state index contributed by atoms with van der Waals surface area (Å²) in [5, 5.41) is 4.65. The van der Waals surface area contributed by atoms with E-state index in [0.29, 0.717) is 0 Å². The summed E-state index contributed by atoms with van der Waals surface area (Å²) in [5.74, 6) is 0. The van der Waals surface area contributed by atoms with Crippen molar-refractivity contribution >= 4 is 10.9 Å². The third-order valence-corrected chi connectivity index (χ3v) is 3.26. The van der Waals surface area contributed by atoms with E-state index in [1.165, 1.54) is 5.56 Å². The molecule has 1 N–H and O–H groups in total. The van der Waals surface area contributed by atoms with Crippen LogP contribution in [-0.4, -0.2) is 11.5 Å². The number of rotatable bonds is 4. The summed E-state index contributed by atoms with van der Waals surface area (Å²) in [5.41, 5.74) is 3.35. The highest BCUT2D eigenvalue weighted by molar-refractivity contribution is 5.82. The van der Waals surface area contributed by atoms with Crippen molar-refractivity contribution in [1.29, 1.82) is 0 Å². The maximum atomic E-state index is 5.21. The molecule has 0 saturated carbocycles. The number of nitrogens with zero attached hydrogens (tertiary/aromatic N) is 1. The number of hydrogen-bond acceptors (Lipinski definition) is 3. The number of benzene rings is 1. The first-order valence-electron chi connectivity index (χ1n) is 6.49. The van der Waals surface area contributed by atoms with Crippen LogP contribution in [0.15, 0.2) is 59.5 Å². The Morgan fingerprint density at radius 3 is 2.89 bits per heavy atom. The van der Waals surface area contributed by atoms with E-state index in [0.717, 1.165) is 23.0 Å². The molecule has 2 aromatic heterocycles. The van der Waals surface area contributed by atoms with Gasteiger partial charge in [0.2, 0.25) is 0 Å². The molecule has 0 aliphatic heterocycles. The smallest absolute Gasteiger partial charge is 0.0953 e. The lowest BCUT2D eigenvalue weighted by molar-refractivity contribution is 0.553. The molecule has 0 spiro atoms. The van der Waals surface area contributed by atoms with Crippen LogP contribution >= 0.6 is 0 Å². The molecule has 1 atom stereocenters. The highest BCUT2D eigenvalue weighted by Crippen LogP contribution is 2.27. The van der Waals surface area contributed by atoms with Gasteiger partial charge in [-0.25, -0.2) is 0 Å². The molecule has 3 nitrogen and oxygen atoms in total. The van der Waals surface area contributed by atoms with Crippen molar-refractivity contribution in [2.45, 2.75) is 13.0 Å². The van der Waals surface area contributed by atoms with Crippen molar-refractivity contribution in [1.82, 2.24) is 10.3 Å². The molecule has 0 saturated heterocycles. The van der Waals surface area contributed by atoms with Gasteiger partial charge < -0.3 is 9.73 Å². The summed E-state index contributed by atoms with van der Waals surface area (Å²) in [6, 6.07) is 12.4. The van der Waals surface area contributed by atoms with Crippen LogP contribution in [0.4, 0.5) is 0 Å². The fraction of sp³-hybridized carbons (Fsp3) is 0.188. The molecule has 1 aromatic carbocycles. The van der Waals surface area contributed by atoms with Crippen LogP contribution in [0.1, 0.15) is 24.1 Å². The van der Waals surface area contributed by atoms with Gasteiger partial charge in [-0.2, -0.15) is 0 Å². The molecule has 96 valence electrons. The van der Waals surface area contributed by atoms with Crippen molar-refractivity contribution in [2.75, 3.05) is 6.54 Å². The average molecular weight is 252 g/mol. The minimum absolute atomic E-state index is 0.113. The van der Waals surface area contributed by atoms with Crippen LogP contribution in [0.25, 0.3) is 10.9 Å². The fourth-order valence-electron chi connectivity index (χ4n) is 2.41. The van der Waals surface area contributed by atoms with E-state index in [9.17, 15) is 0 Å². The first-order chi connectivity index (χ1) is 9.40. The maximum Gasteiger partial charge on any atom is 0.0953 e. The number of para-hydroxylation sites is 1. The maximum absolute atomic E-state index is 5.21. The van der Waals surface area contributed by atoms with Crippen LogP contribution in [0.2, 0.25) is 0 Å². The van der Waals surface area contributed by atoms with Crippen molar-refractivity contribution < 1.29 is 4.42 Å². The minimum Gasteiger partial charge on any atom is -0.472 e. The normalized spacial score (nSPS) is 12.7. The number of hydrogen-bond donors (Lipinski definition) is 1. The second kappa shape index (κ2) is 5.24. The summed E-state index contributed by atoms with van der Waals surface area (Å²) in [6.45, 7) is 2.99. The van der Waals surface area contributed by atoms with Gasteiger partial charge in [-0.15, -0.1) is 0 Å². The van der Waals surface area contributed by atoms with Gasteiger partial charge in [0.25, 0.3) is 0 Å². The molecule has 3 aromatic rings. The Morgan fingerprint density at radius 2 is 2.11 bits per heavy atom. The zero-order chi connectivity index (χ0) is 13.1. The van der Waals surface area contributed by atoms with E-state index in [4.69, 9.17) is 4.42 Å². The second-order valence-corrected chi connectivity index (χ2v) is 4.47. The molecule has 0 amide bonds. The molecular formula is C16H16N2O. The van der Waals surface area contributed by atoms with Gasteiger partial charge in [0, 0.05) is 17.1 Å². The Hall–Kier alpha value is -2.13.